The molecule has 0 radical (unpaired) electrons. The SMILES string of the molecule is Cc1ccc(N2C(=O)c3cnc4c(c(C)nn4-c4ccc(Cl)cc4)c3C2=O)c(F)c1. The van der Waals surface area contributed by atoms with E-state index < -0.39 is 17.6 Å². The minimum absolute atomic E-state index is 0.0808. The second-order valence-corrected chi connectivity index (χ2v) is 7.56. The van der Waals surface area contributed by atoms with Crippen molar-refractivity contribution in [3.05, 3.63) is 81.9 Å². The topological polar surface area (TPSA) is 68.1 Å². The molecule has 0 atom stereocenters. The lowest BCUT2D eigenvalue weighted by molar-refractivity contribution is 0.0925. The first-order valence-electron chi connectivity index (χ1n) is 9.16. The summed E-state index contributed by atoms with van der Waals surface area (Å²) in [5, 5.41) is 5.56. The number of nitrogens with zero attached hydrogens (tertiary/aromatic N) is 4. The van der Waals surface area contributed by atoms with E-state index in [0.29, 0.717) is 33.0 Å². The van der Waals surface area contributed by atoms with Gasteiger partial charge in [0, 0.05) is 11.2 Å². The van der Waals surface area contributed by atoms with Crippen LogP contribution in [0.4, 0.5) is 10.1 Å². The van der Waals surface area contributed by atoms with Gasteiger partial charge in [-0.05, 0) is 55.8 Å². The van der Waals surface area contributed by atoms with Gasteiger partial charge in [-0.2, -0.15) is 5.10 Å². The third kappa shape index (κ3) is 2.55. The van der Waals surface area contributed by atoms with E-state index in [2.05, 4.69) is 10.1 Å². The van der Waals surface area contributed by atoms with Gasteiger partial charge >= 0.3 is 0 Å². The maximum absolute atomic E-state index is 14.5. The number of pyridine rings is 1. The smallest absolute Gasteiger partial charge is 0.267 e. The monoisotopic (exact) mass is 420 g/mol. The standard InChI is InChI=1S/C22H14ClFN4O2/c1-11-3-8-17(16(24)9-11)27-21(29)15-10-25-20-18(19(15)22(27)30)12(2)26-28(20)14-6-4-13(23)5-7-14/h3-10H,1-2H3. The molecule has 3 heterocycles. The van der Waals surface area contributed by atoms with Gasteiger partial charge < -0.3 is 0 Å². The van der Waals surface area contributed by atoms with Gasteiger partial charge in [-0.1, -0.05) is 17.7 Å². The Morgan fingerprint density at radius 1 is 1.00 bits per heavy atom. The lowest BCUT2D eigenvalue weighted by Gasteiger charge is -2.15. The lowest BCUT2D eigenvalue weighted by atomic mass is 10.1. The Kier molecular flexibility index (Phi) is 3.98. The number of aromatic nitrogens is 3. The molecule has 6 nitrogen and oxygen atoms in total. The van der Waals surface area contributed by atoms with Crippen LogP contribution in [0.25, 0.3) is 16.7 Å². The number of imide groups is 1. The first kappa shape index (κ1) is 18.4. The highest BCUT2D eigenvalue weighted by molar-refractivity contribution is 6.37. The molecule has 2 aromatic heterocycles. The summed E-state index contributed by atoms with van der Waals surface area (Å²) in [6.45, 7) is 3.47. The average molecular weight is 421 g/mol. The van der Waals surface area contributed by atoms with E-state index in [0.717, 1.165) is 4.90 Å². The Labute approximate surface area is 175 Å². The van der Waals surface area contributed by atoms with Crippen molar-refractivity contribution in [3.63, 3.8) is 0 Å². The fourth-order valence-electron chi connectivity index (χ4n) is 3.74. The zero-order valence-electron chi connectivity index (χ0n) is 16.0. The van der Waals surface area contributed by atoms with Crippen molar-refractivity contribution in [2.75, 3.05) is 4.90 Å². The molecular weight excluding hydrogens is 407 g/mol. The molecule has 2 amide bonds. The normalized spacial score (nSPS) is 13.4. The van der Waals surface area contributed by atoms with Crippen molar-refractivity contribution in [3.8, 4) is 5.69 Å². The maximum atomic E-state index is 14.5. The molecule has 5 rings (SSSR count). The van der Waals surface area contributed by atoms with Crippen molar-refractivity contribution in [1.29, 1.82) is 0 Å². The van der Waals surface area contributed by atoms with E-state index in [1.54, 1.807) is 48.9 Å². The minimum atomic E-state index is -0.637. The van der Waals surface area contributed by atoms with Gasteiger partial charge in [0.1, 0.15) is 5.82 Å². The molecule has 1 aliphatic rings. The number of benzene rings is 2. The maximum Gasteiger partial charge on any atom is 0.267 e. The van der Waals surface area contributed by atoms with Gasteiger partial charge in [-0.3, -0.25) is 9.59 Å². The van der Waals surface area contributed by atoms with Gasteiger partial charge in [0.15, 0.2) is 5.65 Å². The Bertz CT molecular complexity index is 1380. The van der Waals surface area contributed by atoms with Crippen LogP contribution in [0.1, 0.15) is 32.0 Å². The van der Waals surface area contributed by atoms with E-state index in [1.165, 1.54) is 18.3 Å². The number of amides is 2. The van der Waals surface area contributed by atoms with Crippen molar-refractivity contribution in [2.24, 2.45) is 0 Å². The largest absolute Gasteiger partial charge is 0.268 e. The van der Waals surface area contributed by atoms with Gasteiger partial charge in [-0.15, -0.1) is 0 Å². The van der Waals surface area contributed by atoms with Crippen LogP contribution in [0.15, 0.2) is 48.7 Å². The lowest BCUT2D eigenvalue weighted by Crippen LogP contribution is -2.30. The minimum Gasteiger partial charge on any atom is -0.268 e. The number of rotatable bonds is 2. The van der Waals surface area contributed by atoms with Gasteiger partial charge in [0.2, 0.25) is 0 Å². The summed E-state index contributed by atoms with van der Waals surface area (Å²) >= 11 is 5.97. The first-order chi connectivity index (χ1) is 14.4. The fourth-order valence-corrected chi connectivity index (χ4v) is 3.86. The second-order valence-electron chi connectivity index (χ2n) is 7.12. The van der Waals surface area contributed by atoms with E-state index in [-0.39, 0.29) is 16.8 Å². The Morgan fingerprint density at radius 2 is 1.73 bits per heavy atom. The van der Waals surface area contributed by atoms with E-state index >= 15 is 0 Å². The van der Waals surface area contributed by atoms with E-state index in [1.807, 2.05) is 0 Å². The van der Waals surface area contributed by atoms with Crippen molar-refractivity contribution in [1.82, 2.24) is 14.8 Å². The molecule has 0 saturated heterocycles. The summed E-state index contributed by atoms with van der Waals surface area (Å²) in [5.74, 6) is -1.84. The molecule has 0 bridgehead atoms. The molecule has 0 unspecified atom stereocenters. The molecule has 8 heteroatoms. The number of hydrogen-bond donors (Lipinski definition) is 0. The van der Waals surface area contributed by atoms with Crippen LogP contribution >= 0.6 is 11.6 Å². The third-order valence-corrected chi connectivity index (χ3v) is 5.39. The highest BCUT2D eigenvalue weighted by Crippen LogP contribution is 2.35. The molecular formula is C22H14ClFN4O2. The summed E-state index contributed by atoms with van der Waals surface area (Å²) in [7, 11) is 0. The van der Waals surface area contributed by atoms with Crippen LogP contribution in [-0.2, 0) is 0 Å². The highest BCUT2D eigenvalue weighted by atomic mass is 35.5. The number of hydrogen-bond acceptors (Lipinski definition) is 4. The Balaban J connectivity index is 1.71. The van der Waals surface area contributed by atoms with Crippen LogP contribution in [0.5, 0.6) is 0 Å². The summed E-state index contributed by atoms with van der Waals surface area (Å²) < 4.78 is 16.1. The van der Waals surface area contributed by atoms with Crippen LogP contribution in [0.3, 0.4) is 0 Å². The predicted octanol–water partition coefficient (Wildman–Crippen LogP) is 4.63. The van der Waals surface area contributed by atoms with E-state index in [9.17, 15) is 14.0 Å². The summed E-state index contributed by atoms with van der Waals surface area (Å²) in [4.78, 5) is 31.5. The number of carbonyl (C=O) groups excluding carboxylic acids is 2. The summed E-state index contributed by atoms with van der Waals surface area (Å²) in [5.41, 5.74) is 2.61. The predicted molar refractivity (Wildman–Crippen MR) is 111 cm³/mol. The molecule has 4 aromatic rings. The zero-order chi connectivity index (χ0) is 21.2. The number of fused-ring (bicyclic) bond motifs is 3. The van der Waals surface area contributed by atoms with Crippen LogP contribution in [0.2, 0.25) is 5.02 Å². The Hall–Kier alpha value is -3.58. The van der Waals surface area contributed by atoms with Crippen LogP contribution in [-0.4, -0.2) is 26.6 Å². The first-order valence-corrected chi connectivity index (χ1v) is 9.54. The molecule has 30 heavy (non-hydrogen) atoms. The molecule has 0 fully saturated rings. The second kappa shape index (κ2) is 6.47. The van der Waals surface area contributed by atoms with Crippen molar-refractivity contribution in [2.45, 2.75) is 13.8 Å². The number of halogens is 2. The summed E-state index contributed by atoms with van der Waals surface area (Å²) in [6.07, 6.45) is 1.34. The molecule has 0 spiro atoms. The van der Waals surface area contributed by atoms with Crippen molar-refractivity contribution < 1.29 is 14.0 Å². The zero-order valence-corrected chi connectivity index (χ0v) is 16.7. The average Bonchev–Trinajstić information content (AvgIpc) is 3.18. The molecule has 2 aromatic carbocycles. The molecule has 148 valence electrons. The van der Waals surface area contributed by atoms with Gasteiger partial charge in [0.05, 0.1) is 33.6 Å². The fraction of sp³-hybridized carbons (Fsp3) is 0.0909. The van der Waals surface area contributed by atoms with Crippen LogP contribution in [0, 0.1) is 19.7 Å². The molecule has 0 aliphatic carbocycles. The molecule has 1 aliphatic heterocycles. The third-order valence-electron chi connectivity index (χ3n) is 5.14. The molecule has 0 saturated carbocycles. The highest BCUT2D eigenvalue weighted by Gasteiger charge is 2.41. The number of aryl methyl sites for hydroxylation is 2. The summed E-state index contributed by atoms with van der Waals surface area (Å²) in [6, 6.07) is 11.4. The van der Waals surface area contributed by atoms with Gasteiger partial charge in [-0.25, -0.2) is 19.0 Å². The van der Waals surface area contributed by atoms with Crippen LogP contribution < -0.4 is 4.90 Å². The molecule has 0 N–H and O–H groups in total. The number of anilines is 1. The van der Waals surface area contributed by atoms with E-state index in [4.69, 9.17) is 11.6 Å². The quantitative estimate of drug-likeness (QED) is 0.443. The van der Waals surface area contributed by atoms with Gasteiger partial charge in [0.25, 0.3) is 11.8 Å². The Morgan fingerprint density at radius 3 is 2.43 bits per heavy atom. The van der Waals surface area contributed by atoms with Crippen molar-refractivity contribution >= 4 is 40.1 Å². The number of carbonyl (C=O) groups is 2.